The second-order valence-electron chi connectivity index (χ2n) is 3.78. The minimum absolute atomic E-state index is 0.215. The molecular formula is C13H17NO. The molecule has 1 aromatic carbocycles. The Labute approximate surface area is 91.0 Å². The first-order valence-corrected chi connectivity index (χ1v) is 5.63. The molecule has 0 fully saturated rings. The lowest BCUT2D eigenvalue weighted by atomic mass is 10.1. The summed E-state index contributed by atoms with van der Waals surface area (Å²) in [5.74, 6) is 0. The van der Waals surface area contributed by atoms with Crippen molar-refractivity contribution in [3.63, 3.8) is 0 Å². The lowest BCUT2D eigenvalue weighted by Crippen LogP contribution is -2.21. The number of aliphatic imine (C=N–C) groups is 1. The maximum absolute atomic E-state index is 5.79. The van der Waals surface area contributed by atoms with Crippen LogP contribution in [0, 0.1) is 0 Å². The van der Waals surface area contributed by atoms with E-state index in [4.69, 9.17) is 4.74 Å². The standard InChI is InChI=1S/C13H17NO/c1-2-10-15-12-8-9-14-13(12)11-6-4-3-5-7-11/h3-7,12H,2,8-10H2,1H3. The van der Waals surface area contributed by atoms with Crippen LogP contribution in [0.1, 0.15) is 25.3 Å². The van der Waals surface area contributed by atoms with Crippen molar-refractivity contribution in [2.75, 3.05) is 13.2 Å². The van der Waals surface area contributed by atoms with Gasteiger partial charge in [-0.15, -0.1) is 0 Å². The molecule has 1 aliphatic heterocycles. The average Bonchev–Trinajstić information content (AvgIpc) is 2.75. The molecule has 0 aromatic heterocycles. The Balaban J connectivity index is 2.08. The summed E-state index contributed by atoms with van der Waals surface area (Å²) >= 11 is 0. The summed E-state index contributed by atoms with van der Waals surface area (Å²) in [6, 6.07) is 10.3. The molecule has 0 aliphatic carbocycles. The van der Waals surface area contributed by atoms with Gasteiger partial charge in [-0.3, -0.25) is 4.99 Å². The van der Waals surface area contributed by atoms with Crippen molar-refractivity contribution in [3.8, 4) is 0 Å². The molecule has 1 atom stereocenters. The molecule has 1 aliphatic rings. The van der Waals surface area contributed by atoms with Crippen LogP contribution in [0.15, 0.2) is 35.3 Å². The Morgan fingerprint density at radius 2 is 2.13 bits per heavy atom. The molecule has 2 rings (SSSR count). The molecule has 1 aromatic rings. The summed E-state index contributed by atoms with van der Waals surface area (Å²) in [7, 11) is 0. The SMILES string of the molecule is CCCOC1CCN=C1c1ccccc1. The zero-order valence-corrected chi connectivity index (χ0v) is 9.15. The van der Waals surface area contributed by atoms with Crippen molar-refractivity contribution in [1.29, 1.82) is 0 Å². The van der Waals surface area contributed by atoms with Crippen LogP contribution in [-0.4, -0.2) is 25.0 Å². The van der Waals surface area contributed by atoms with Crippen molar-refractivity contribution in [2.45, 2.75) is 25.9 Å². The quantitative estimate of drug-likeness (QED) is 0.737. The largest absolute Gasteiger partial charge is 0.372 e. The zero-order chi connectivity index (χ0) is 10.5. The van der Waals surface area contributed by atoms with Gasteiger partial charge in [0.25, 0.3) is 0 Å². The Hall–Kier alpha value is -1.15. The summed E-state index contributed by atoms with van der Waals surface area (Å²) in [6.45, 7) is 3.86. The van der Waals surface area contributed by atoms with E-state index >= 15 is 0 Å². The van der Waals surface area contributed by atoms with Gasteiger partial charge in [-0.25, -0.2) is 0 Å². The minimum atomic E-state index is 0.215. The molecule has 0 radical (unpaired) electrons. The molecule has 80 valence electrons. The van der Waals surface area contributed by atoms with Gasteiger partial charge in [-0.1, -0.05) is 37.3 Å². The normalized spacial score (nSPS) is 20.3. The lowest BCUT2D eigenvalue weighted by molar-refractivity contribution is 0.0998. The van der Waals surface area contributed by atoms with Gasteiger partial charge in [0.1, 0.15) is 6.10 Å². The summed E-state index contributed by atoms with van der Waals surface area (Å²) in [6.07, 6.45) is 2.32. The van der Waals surface area contributed by atoms with Crippen molar-refractivity contribution in [3.05, 3.63) is 35.9 Å². The molecule has 0 N–H and O–H groups in total. The lowest BCUT2D eigenvalue weighted by Gasteiger charge is -2.13. The average molecular weight is 203 g/mol. The van der Waals surface area contributed by atoms with Crippen LogP contribution < -0.4 is 0 Å². The van der Waals surface area contributed by atoms with Crippen molar-refractivity contribution < 1.29 is 4.74 Å². The molecule has 0 saturated carbocycles. The summed E-state index contributed by atoms with van der Waals surface area (Å²) in [5.41, 5.74) is 2.33. The van der Waals surface area contributed by atoms with Crippen molar-refractivity contribution in [1.82, 2.24) is 0 Å². The van der Waals surface area contributed by atoms with Crippen LogP contribution >= 0.6 is 0 Å². The molecule has 1 unspecified atom stereocenters. The Kier molecular flexibility index (Phi) is 3.51. The molecule has 0 amide bonds. The molecule has 2 nitrogen and oxygen atoms in total. The first-order chi connectivity index (χ1) is 7.42. The van der Waals surface area contributed by atoms with Crippen LogP contribution in [0.3, 0.4) is 0 Å². The number of rotatable bonds is 4. The van der Waals surface area contributed by atoms with Crippen molar-refractivity contribution in [2.24, 2.45) is 4.99 Å². The fraction of sp³-hybridized carbons (Fsp3) is 0.462. The van der Waals surface area contributed by atoms with E-state index in [9.17, 15) is 0 Å². The predicted octanol–water partition coefficient (Wildman–Crippen LogP) is 2.67. The van der Waals surface area contributed by atoms with Gasteiger partial charge in [0, 0.05) is 13.2 Å². The van der Waals surface area contributed by atoms with E-state index in [1.54, 1.807) is 0 Å². The van der Waals surface area contributed by atoms with E-state index in [0.29, 0.717) is 0 Å². The fourth-order valence-electron chi connectivity index (χ4n) is 1.85. The third kappa shape index (κ3) is 2.45. The van der Waals surface area contributed by atoms with Gasteiger partial charge >= 0.3 is 0 Å². The van der Waals surface area contributed by atoms with Crippen LogP contribution in [0.4, 0.5) is 0 Å². The summed E-state index contributed by atoms with van der Waals surface area (Å²) < 4.78 is 5.79. The molecule has 0 saturated heterocycles. The molecular weight excluding hydrogens is 186 g/mol. The van der Waals surface area contributed by atoms with E-state index in [0.717, 1.165) is 31.7 Å². The molecule has 1 heterocycles. The number of ether oxygens (including phenoxy) is 1. The summed E-state index contributed by atoms with van der Waals surface area (Å²) in [4.78, 5) is 4.53. The van der Waals surface area contributed by atoms with Crippen molar-refractivity contribution >= 4 is 5.71 Å². The second kappa shape index (κ2) is 5.08. The van der Waals surface area contributed by atoms with E-state index in [1.165, 1.54) is 5.56 Å². The zero-order valence-electron chi connectivity index (χ0n) is 9.15. The highest BCUT2D eigenvalue weighted by molar-refractivity contribution is 6.04. The van der Waals surface area contributed by atoms with Crippen LogP contribution in [0.25, 0.3) is 0 Å². The topological polar surface area (TPSA) is 21.6 Å². The first kappa shape index (κ1) is 10.4. The third-order valence-electron chi connectivity index (χ3n) is 2.57. The Bertz CT molecular complexity index is 332. The van der Waals surface area contributed by atoms with E-state index in [2.05, 4.69) is 24.0 Å². The highest BCUT2D eigenvalue weighted by Crippen LogP contribution is 2.16. The number of nitrogens with zero attached hydrogens (tertiary/aromatic N) is 1. The van der Waals surface area contributed by atoms with Crippen LogP contribution in [0.5, 0.6) is 0 Å². The molecule has 15 heavy (non-hydrogen) atoms. The minimum Gasteiger partial charge on any atom is -0.372 e. The molecule has 0 spiro atoms. The maximum Gasteiger partial charge on any atom is 0.101 e. The van der Waals surface area contributed by atoms with Gasteiger partial charge in [-0.05, 0) is 18.4 Å². The van der Waals surface area contributed by atoms with Crippen LogP contribution in [0.2, 0.25) is 0 Å². The van der Waals surface area contributed by atoms with Gasteiger partial charge in [0.2, 0.25) is 0 Å². The number of hydrogen-bond acceptors (Lipinski definition) is 2. The monoisotopic (exact) mass is 203 g/mol. The second-order valence-corrected chi connectivity index (χ2v) is 3.78. The van der Waals surface area contributed by atoms with Gasteiger partial charge in [0.05, 0.1) is 5.71 Å². The molecule has 0 bridgehead atoms. The number of hydrogen-bond donors (Lipinski definition) is 0. The number of benzene rings is 1. The van der Waals surface area contributed by atoms with Crippen LogP contribution in [-0.2, 0) is 4.74 Å². The fourth-order valence-corrected chi connectivity index (χ4v) is 1.85. The highest BCUT2D eigenvalue weighted by atomic mass is 16.5. The third-order valence-corrected chi connectivity index (χ3v) is 2.57. The summed E-state index contributed by atoms with van der Waals surface area (Å²) in [5, 5.41) is 0. The van der Waals surface area contributed by atoms with E-state index in [1.807, 2.05) is 18.2 Å². The smallest absolute Gasteiger partial charge is 0.101 e. The van der Waals surface area contributed by atoms with Gasteiger partial charge in [0.15, 0.2) is 0 Å². The Morgan fingerprint density at radius 3 is 2.87 bits per heavy atom. The predicted molar refractivity (Wildman–Crippen MR) is 62.5 cm³/mol. The van der Waals surface area contributed by atoms with E-state index < -0.39 is 0 Å². The highest BCUT2D eigenvalue weighted by Gasteiger charge is 2.22. The Morgan fingerprint density at radius 1 is 1.33 bits per heavy atom. The van der Waals surface area contributed by atoms with Gasteiger partial charge in [-0.2, -0.15) is 0 Å². The maximum atomic E-state index is 5.79. The van der Waals surface area contributed by atoms with E-state index in [-0.39, 0.29) is 6.10 Å². The first-order valence-electron chi connectivity index (χ1n) is 5.63. The van der Waals surface area contributed by atoms with Gasteiger partial charge < -0.3 is 4.74 Å². The molecule has 2 heteroatoms.